The van der Waals surface area contributed by atoms with Gasteiger partial charge in [-0.15, -0.1) is 0 Å². The molecule has 6 nitrogen and oxygen atoms in total. The fraction of sp³-hybridized carbons (Fsp3) is 0.167. The third-order valence-corrected chi connectivity index (χ3v) is 2.44. The van der Waals surface area contributed by atoms with Crippen LogP contribution in [0.3, 0.4) is 0 Å². The second kappa shape index (κ2) is 4.98. The van der Waals surface area contributed by atoms with E-state index in [0.29, 0.717) is 6.54 Å². The molecule has 0 saturated heterocycles. The molecule has 2 aromatic rings. The van der Waals surface area contributed by atoms with E-state index in [1.807, 2.05) is 30.3 Å². The highest BCUT2D eigenvalue weighted by atomic mass is 15.1. The second-order valence-corrected chi connectivity index (χ2v) is 3.56. The van der Waals surface area contributed by atoms with Crippen molar-refractivity contribution in [3.63, 3.8) is 0 Å². The van der Waals surface area contributed by atoms with Crippen molar-refractivity contribution in [2.24, 2.45) is 0 Å². The zero-order valence-electron chi connectivity index (χ0n) is 9.75. The van der Waals surface area contributed by atoms with Crippen molar-refractivity contribution >= 4 is 5.82 Å². The molecular formula is C12H10N6. The van der Waals surface area contributed by atoms with Crippen LogP contribution in [0.5, 0.6) is 0 Å². The van der Waals surface area contributed by atoms with Crippen molar-refractivity contribution in [3.05, 3.63) is 41.6 Å². The number of pyridine rings is 1. The van der Waals surface area contributed by atoms with Crippen LogP contribution in [0.1, 0.15) is 17.1 Å². The summed E-state index contributed by atoms with van der Waals surface area (Å²) in [7, 11) is 1.79. The lowest BCUT2D eigenvalue weighted by Crippen LogP contribution is -2.04. The van der Waals surface area contributed by atoms with E-state index in [0.717, 1.165) is 11.5 Å². The van der Waals surface area contributed by atoms with Crippen molar-refractivity contribution in [2.45, 2.75) is 6.54 Å². The highest BCUT2D eigenvalue weighted by Crippen LogP contribution is 2.10. The van der Waals surface area contributed by atoms with E-state index in [1.54, 1.807) is 11.6 Å². The number of imidazole rings is 1. The van der Waals surface area contributed by atoms with Crippen LogP contribution in [0.2, 0.25) is 0 Å². The quantitative estimate of drug-likeness (QED) is 0.865. The van der Waals surface area contributed by atoms with Gasteiger partial charge in [-0.05, 0) is 12.1 Å². The largest absolute Gasteiger partial charge is 0.373 e. The third-order valence-electron chi connectivity index (χ3n) is 2.44. The summed E-state index contributed by atoms with van der Waals surface area (Å²) in [5.41, 5.74) is 1.19. The van der Waals surface area contributed by atoms with Gasteiger partial charge in [0.25, 0.3) is 0 Å². The maximum atomic E-state index is 9.00. The van der Waals surface area contributed by atoms with Gasteiger partial charge in [0.1, 0.15) is 18.0 Å². The van der Waals surface area contributed by atoms with Gasteiger partial charge in [0, 0.05) is 7.05 Å². The first-order valence-electron chi connectivity index (χ1n) is 5.27. The lowest BCUT2D eigenvalue weighted by Gasteiger charge is -2.05. The number of nitrogens with zero attached hydrogens (tertiary/aromatic N) is 5. The van der Waals surface area contributed by atoms with Gasteiger partial charge in [0.2, 0.25) is 0 Å². The molecule has 2 heterocycles. The van der Waals surface area contributed by atoms with E-state index in [2.05, 4.69) is 15.3 Å². The summed E-state index contributed by atoms with van der Waals surface area (Å²) in [5.74, 6) is 0.756. The van der Waals surface area contributed by atoms with Crippen molar-refractivity contribution in [1.82, 2.24) is 14.5 Å². The highest BCUT2D eigenvalue weighted by Gasteiger charge is 2.10. The maximum absolute atomic E-state index is 9.00. The Bertz CT molecular complexity index is 643. The molecule has 0 aliphatic carbocycles. The summed E-state index contributed by atoms with van der Waals surface area (Å²) in [4.78, 5) is 8.23. The molecule has 2 aromatic heterocycles. The summed E-state index contributed by atoms with van der Waals surface area (Å²) in [5, 5.41) is 20.8. The van der Waals surface area contributed by atoms with Gasteiger partial charge in [-0.1, -0.05) is 6.07 Å². The topological polar surface area (TPSA) is 90.3 Å². The molecule has 18 heavy (non-hydrogen) atoms. The molecule has 0 spiro atoms. The number of aromatic nitrogens is 3. The average Bonchev–Trinajstić information content (AvgIpc) is 2.80. The zero-order valence-corrected chi connectivity index (χ0v) is 9.75. The van der Waals surface area contributed by atoms with Crippen LogP contribution in [0, 0.1) is 22.7 Å². The normalized spacial score (nSPS) is 9.50. The Morgan fingerprint density at radius 3 is 2.83 bits per heavy atom. The number of hydrogen-bond acceptors (Lipinski definition) is 5. The summed E-state index contributed by atoms with van der Waals surface area (Å²) in [6.07, 6.45) is 1.48. The Kier molecular flexibility index (Phi) is 3.22. The van der Waals surface area contributed by atoms with Crippen LogP contribution in [0.15, 0.2) is 24.5 Å². The minimum Gasteiger partial charge on any atom is -0.373 e. The molecule has 0 aromatic carbocycles. The number of hydrogen-bond donors (Lipinski definition) is 1. The Balaban J connectivity index is 2.32. The molecule has 2 rings (SSSR count). The van der Waals surface area contributed by atoms with Crippen LogP contribution in [-0.4, -0.2) is 21.6 Å². The van der Waals surface area contributed by atoms with Crippen LogP contribution in [0.25, 0.3) is 0 Å². The number of nitrogens with one attached hydrogen (secondary N) is 1. The van der Waals surface area contributed by atoms with Gasteiger partial charge in [-0.25, -0.2) is 9.97 Å². The first kappa shape index (κ1) is 11.6. The van der Waals surface area contributed by atoms with Gasteiger partial charge in [0.05, 0.1) is 18.6 Å². The fourth-order valence-electron chi connectivity index (χ4n) is 1.58. The number of rotatable bonds is 3. The maximum Gasteiger partial charge on any atom is 0.176 e. The van der Waals surface area contributed by atoms with E-state index in [-0.39, 0.29) is 11.4 Å². The predicted molar refractivity (Wildman–Crippen MR) is 64.5 cm³/mol. The standard InChI is InChI=1S/C12H10N6/c1-15-12-4-2-3-9(17-12)7-18-8-16-10(5-13)11(18)6-14/h2-4,8H,7H2,1H3,(H,15,17). The van der Waals surface area contributed by atoms with Gasteiger partial charge in [0.15, 0.2) is 11.4 Å². The minimum atomic E-state index is 0.141. The molecule has 6 heteroatoms. The molecular weight excluding hydrogens is 228 g/mol. The molecule has 1 N–H and O–H groups in total. The molecule has 0 radical (unpaired) electrons. The van der Waals surface area contributed by atoms with Crippen molar-refractivity contribution in [2.75, 3.05) is 12.4 Å². The number of anilines is 1. The Hall–Kier alpha value is -2.86. The Morgan fingerprint density at radius 1 is 1.33 bits per heavy atom. The Labute approximate surface area is 104 Å². The second-order valence-electron chi connectivity index (χ2n) is 3.56. The Morgan fingerprint density at radius 2 is 2.17 bits per heavy atom. The van der Waals surface area contributed by atoms with Gasteiger partial charge < -0.3 is 9.88 Å². The minimum absolute atomic E-state index is 0.141. The van der Waals surface area contributed by atoms with Crippen LogP contribution >= 0.6 is 0 Å². The van der Waals surface area contributed by atoms with E-state index in [1.165, 1.54) is 6.33 Å². The molecule has 0 fully saturated rings. The van der Waals surface area contributed by atoms with Crippen LogP contribution < -0.4 is 5.32 Å². The number of nitriles is 2. The molecule has 88 valence electrons. The molecule has 0 aliphatic heterocycles. The molecule has 0 saturated carbocycles. The van der Waals surface area contributed by atoms with E-state index in [4.69, 9.17) is 10.5 Å². The van der Waals surface area contributed by atoms with Gasteiger partial charge in [-0.2, -0.15) is 10.5 Å². The summed E-state index contributed by atoms with van der Waals surface area (Å²) < 4.78 is 1.61. The first-order chi connectivity index (χ1) is 8.78. The molecule has 0 unspecified atom stereocenters. The van der Waals surface area contributed by atoms with Crippen LogP contribution in [-0.2, 0) is 6.54 Å². The van der Waals surface area contributed by atoms with Crippen molar-refractivity contribution < 1.29 is 0 Å². The SMILES string of the molecule is CNc1cccc(Cn2cnc(C#N)c2C#N)n1. The van der Waals surface area contributed by atoms with E-state index >= 15 is 0 Å². The van der Waals surface area contributed by atoms with Crippen molar-refractivity contribution in [1.29, 1.82) is 10.5 Å². The average molecular weight is 238 g/mol. The summed E-state index contributed by atoms with van der Waals surface area (Å²) in [6, 6.07) is 9.45. The third kappa shape index (κ3) is 2.13. The molecule has 0 aliphatic rings. The fourth-order valence-corrected chi connectivity index (χ4v) is 1.58. The lowest BCUT2D eigenvalue weighted by molar-refractivity contribution is 0.763. The smallest absolute Gasteiger partial charge is 0.176 e. The first-order valence-corrected chi connectivity index (χ1v) is 5.27. The van der Waals surface area contributed by atoms with Crippen LogP contribution in [0.4, 0.5) is 5.82 Å². The van der Waals surface area contributed by atoms with Gasteiger partial charge >= 0.3 is 0 Å². The lowest BCUT2D eigenvalue weighted by atomic mass is 10.3. The highest BCUT2D eigenvalue weighted by molar-refractivity contribution is 5.37. The molecule has 0 atom stereocenters. The summed E-state index contributed by atoms with van der Waals surface area (Å²) in [6.45, 7) is 0.410. The monoisotopic (exact) mass is 238 g/mol. The molecule has 0 amide bonds. The molecule has 0 bridgehead atoms. The zero-order chi connectivity index (χ0) is 13.0. The predicted octanol–water partition coefficient (Wildman–Crippen LogP) is 1.11. The summed E-state index contributed by atoms with van der Waals surface area (Å²) >= 11 is 0. The van der Waals surface area contributed by atoms with Crippen molar-refractivity contribution in [3.8, 4) is 12.1 Å². The van der Waals surface area contributed by atoms with E-state index in [9.17, 15) is 0 Å². The van der Waals surface area contributed by atoms with Gasteiger partial charge in [-0.3, -0.25) is 0 Å². The van der Waals surface area contributed by atoms with E-state index < -0.39 is 0 Å².